The second kappa shape index (κ2) is 4.67. The predicted molar refractivity (Wildman–Crippen MR) is 59.1 cm³/mol. The molecule has 1 aliphatic rings. The first-order valence-electron chi connectivity index (χ1n) is 5.81. The maximum atomic E-state index is 5.32. The van der Waals surface area contributed by atoms with E-state index in [9.17, 15) is 0 Å². The van der Waals surface area contributed by atoms with Crippen LogP contribution in [0.3, 0.4) is 0 Å². The van der Waals surface area contributed by atoms with E-state index in [1.165, 1.54) is 0 Å². The summed E-state index contributed by atoms with van der Waals surface area (Å²) in [6.45, 7) is 2.48. The van der Waals surface area contributed by atoms with Crippen molar-refractivity contribution in [3.05, 3.63) is 18.4 Å². The van der Waals surface area contributed by atoms with Gasteiger partial charge >= 0.3 is 0 Å². The Labute approximate surface area is 98.6 Å². The molecule has 0 spiro atoms. The van der Waals surface area contributed by atoms with Gasteiger partial charge in [0.15, 0.2) is 5.76 Å². The summed E-state index contributed by atoms with van der Waals surface area (Å²) in [5.41, 5.74) is 0. The molecule has 17 heavy (non-hydrogen) atoms. The molecule has 0 radical (unpaired) electrons. The summed E-state index contributed by atoms with van der Waals surface area (Å²) < 4.78 is 10.5. The largest absolute Gasteiger partial charge is 0.461 e. The number of rotatable bonds is 3. The second-order valence-corrected chi connectivity index (χ2v) is 4.20. The lowest BCUT2D eigenvalue weighted by Gasteiger charge is -2.20. The summed E-state index contributed by atoms with van der Waals surface area (Å²) >= 11 is 0. The zero-order valence-corrected chi connectivity index (χ0v) is 9.45. The Balaban J connectivity index is 1.68. The lowest BCUT2D eigenvalue weighted by molar-refractivity contribution is 0.0586. The highest BCUT2D eigenvalue weighted by molar-refractivity contribution is 5.43. The van der Waals surface area contributed by atoms with Gasteiger partial charge in [-0.25, -0.2) is 0 Å². The van der Waals surface area contributed by atoms with Crippen LogP contribution in [-0.4, -0.2) is 33.4 Å². The van der Waals surface area contributed by atoms with Crippen molar-refractivity contribution in [2.75, 3.05) is 13.2 Å². The lowest BCUT2D eigenvalue weighted by atomic mass is 10.0. The first-order chi connectivity index (χ1) is 8.42. The molecule has 0 aromatic carbocycles. The molecule has 1 aliphatic heterocycles. The van der Waals surface area contributed by atoms with E-state index in [0.717, 1.165) is 32.6 Å². The van der Waals surface area contributed by atoms with Crippen molar-refractivity contribution in [1.82, 2.24) is 20.2 Å². The third-order valence-electron chi connectivity index (χ3n) is 2.96. The summed E-state index contributed by atoms with van der Waals surface area (Å²) in [6.07, 6.45) is 3.74. The highest BCUT2D eigenvalue weighted by Gasteiger charge is 2.16. The molecule has 6 heteroatoms. The molecule has 2 aromatic heterocycles. The van der Waals surface area contributed by atoms with Gasteiger partial charge in [-0.05, 0) is 36.1 Å². The number of nitrogens with zero attached hydrogens (tertiary/aromatic N) is 4. The van der Waals surface area contributed by atoms with E-state index in [2.05, 4.69) is 15.4 Å². The SMILES string of the molecule is c1coc(-c2nnn(CC3CCOCC3)n2)c1. The van der Waals surface area contributed by atoms with Gasteiger partial charge in [-0.1, -0.05) is 0 Å². The number of ether oxygens (including phenoxy) is 1. The van der Waals surface area contributed by atoms with Crippen molar-refractivity contribution in [1.29, 1.82) is 0 Å². The van der Waals surface area contributed by atoms with E-state index in [-0.39, 0.29) is 0 Å². The lowest BCUT2D eigenvalue weighted by Crippen LogP contribution is -2.21. The molecular formula is C11H14N4O2. The maximum Gasteiger partial charge on any atom is 0.240 e. The van der Waals surface area contributed by atoms with Crippen LogP contribution < -0.4 is 0 Å². The molecule has 0 unspecified atom stereocenters. The Hall–Kier alpha value is -1.69. The molecule has 1 fully saturated rings. The summed E-state index contributed by atoms with van der Waals surface area (Å²) in [5.74, 6) is 1.78. The van der Waals surface area contributed by atoms with Crippen molar-refractivity contribution >= 4 is 0 Å². The molecule has 2 aromatic rings. The molecule has 6 nitrogen and oxygen atoms in total. The van der Waals surface area contributed by atoms with Crippen LogP contribution in [0.2, 0.25) is 0 Å². The Kier molecular flexibility index (Phi) is 2.87. The average molecular weight is 234 g/mol. The molecule has 0 N–H and O–H groups in total. The number of furan rings is 1. The van der Waals surface area contributed by atoms with Gasteiger partial charge in [-0.2, -0.15) is 4.80 Å². The van der Waals surface area contributed by atoms with Gasteiger partial charge < -0.3 is 9.15 Å². The van der Waals surface area contributed by atoms with Gasteiger partial charge in [0.05, 0.1) is 12.8 Å². The molecule has 0 bridgehead atoms. The average Bonchev–Trinajstić information content (AvgIpc) is 3.00. The maximum absolute atomic E-state index is 5.32. The van der Waals surface area contributed by atoms with E-state index < -0.39 is 0 Å². The zero-order valence-electron chi connectivity index (χ0n) is 9.45. The fraction of sp³-hybridized carbons (Fsp3) is 0.545. The van der Waals surface area contributed by atoms with E-state index in [1.807, 2.05) is 12.1 Å². The van der Waals surface area contributed by atoms with Crippen molar-refractivity contribution in [3.63, 3.8) is 0 Å². The van der Waals surface area contributed by atoms with Crippen molar-refractivity contribution < 1.29 is 9.15 Å². The minimum atomic E-state index is 0.544. The van der Waals surface area contributed by atoms with Crippen LogP contribution in [0, 0.1) is 5.92 Å². The predicted octanol–water partition coefficient (Wildman–Crippen LogP) is 1.36. The fourth-order valence-corrected chi connectivity index (χ4v) is 1.98. The third kappa shape index (κ3) is 2.36. The van der Waals surface area contributed by atoms with E-state index in [4.69, 9.17) is 9.15 Å². The van der Waals surface area contributed by atoms with E-state index >= 15 is 0 Å². The van der Waals surface area contributed by atoms with Gasteiger partial charge in [0.1, 0.15) is 0 Å². The number of tetrazole rings is 1. The Morgan fingerprint density at radius 1 is 1.35 bits per heavy atom. The summed E-state index contributed by atoms with van der Waals surface area (Å²) in [6, 6.07) is 3.64. The normalized spacial score (nSPS) is 17.4. The van der Waals surface area contributed by atoms with Crippen molar-refractivity contribution in [2.24, 2.45) is 5.92 Å². The van der Waals surface area contributed by atoms with Crippen LogP contribution in [0.5, 0.6) is 0 Å². The minimum absolute atomic E-state index is 0.544. The number of hydrogen-bond donors (Lipinski definition) is 0. The highest BCUT2D eigenvalue weighted by atomic mass is 16.5. The first-order valence-corrected chi connectivity index (χ1v) is 5.81. The second-order valence-electron chi connectivity index (χ2n) is 4.20. The Morgan fingerprint density at radius 2 is 2.24 bits per heavy atom. The molecule has 3 heterocycles. The van der Waals surface area contributed by atoms with Crippen LogP contribution in [0.25, 0.3) is 11.6 Å². The Morgan fingerprint density at radius 3 is 3.00 bits per heavy atom. The van der Waals surface area contributed by atoms with Crippen LogP contribution in [0.4, 0.5) is 0 Å². The summed E-state index contributed by atoms with van der Waals surface area (Å²) in [7, 11) is 0. The summed E-state index contributed by atoms with van der Waals surface area (Å²) in [4.78, 5) is 1.65. The van der Waals surface area contributed by atoms with Gasteiger partial charge in [-0.3, -0.25) is 0 Å². The van der Waals surface area contributed by atoms with Crippen molar-refractivity contribution in [2.45, 2.75) is 19.4 Å². The molecule has 1 saturated heterocycles. The fourth-order valence-electron chi connectivity index (χ4n) is 1.98. The van der Waals surface area contributed by atoms with E-state index in [1.54, 1.807) is 11.1 Å². The van der Waals surface area contributed by atoms with Crippen LogP contribution in [-0.2, 0) is 11.3 Å². The van der Waals surface area contributed by atoms with Gasteiger partial charge in [-0.15, -0.1) is 10.2 Å². The smallest absolute Gasteiger partial charge is 0.240 e. The molecule has 0 atom stereocenters. The van der Waals surface area contributed by atoms with Gasteiger partial charge in [0.25, 0.3) is 0 Å². The molecule has 90 valence electrons. The highest BCUT2D eigenvalue weighted by Crippen LogP contribution is 2.17. The monoisotopic (exact) mass is 234 g/mol. The molecule has 3 rings (SSSR count). The van der Waals surface area contributed by atoms with Crippen LogP contribution in [0.1, 0.15) is 12.8 Å². The number of aromatic nitrogens is 4. The quantitative estimate of drug-likeness (QED) is 0.802. The zero-order chi connectivity index (χ0) is 11.5. The molecular weight excluding hydrogens is 220 g/mol. The third-order valence-corrected chi connectivity index (χ3v) is 2.96. The molecule has 0 aliphatic carbocycles. The summed E-state index contributed by atoms with van der Waals surface area (Å²) in [5, 5.41) is 12.3. The van der Waals surface area contributed by atoms with Crippen LogP contribution in [0.15, 0.2) is 22.8 Å². The van der Waals surface area contributed by atoms with E-state index in [0.29, 0.717) is 17.5 Å². The van der Waals surface area contributed by atoms with Gasteiger partial charge in [0.2, 0.25) is 5.82 Å². The molecule has 0 saturated carbocycles. The number of hydrogen-bond acceptors (Lipinski definition) is 5. The topological polar surface area (TPSA) is 66.0 Å². The van der Waals surface area contributed by atoms with Gasteiger partial charge in [0, 0.05) is 13.2 Å². The first kappa shape index (κ1) is 10.5. The minimum Gasteiger partial charge on any atom is -0.461 e. The standard InChI is InChI=1S/C11H14N4O2/c1-2-10(17-5-1)11-12-14-15(13-11)8-9-3-6-16-7-4-9/h1-2,5,9H,3-4,6-8H2. The Bertz CT molecular complexity index is 460. The van der Waals surface area contributed by atoms with Crippen LogP contribution >= 0.6 is 0 Å². The van der Waals surface area contributed by atoms with Crippen molar-refractivity contribution in [3.8, 4) is 11.6 Å². The molecule has 0 amide bonds.